The Balaban J connectivity index is 1.10. The largest absolute Gasteiger partial charge is 0.394 e. The average molecular weight is 649 g/mol. The molecule has 3 heterocycles. The van der Waals surface area contributed by atoms with Crippen LogP contribution < -0.4 is 0 Å². The number of allylic oxidation sites excluding steroid dienone is 3. The van der Waals surface area contributed by atoms with Crippen molar-refractivity contribution >= 4 is 5.78 Å². The van der Waals surface area contributed by atoms with E-state index in [9.17, 15) is 35.4 Å². The van der Waals surface area contributed by atoms with Gasteiger partial charge in [0.2, 0.25) is 0 Å². The minimum atomic E-state index is -1.74. The number of carbonyl (C=O) groups is 1. The van der Waals surface area contributed by atoms with Crippen LogP contribution in [0.4, 0.5) is 0 Å². The van der Waals surface area contributed by atoms with Crippen molar-refractivity contribution in [2.45, 2.75) is 147 Å². The molecule has 3 aliphatic heterocycles. The molecule has 11 nitrogen and oxygen atoms in total. The van der Waals surface area contributed by atoms with E-state index < -0.39 is 67.3 Å². The second-order valence-electron chi connectivity index (χ2n) is 16.0. The van der Waals surface area contributed by atoms with Crippen molar-refractivity contribution in [2.75, 3.05) is 6.61 Å². The molecule has 11 heteroatoms. The van der Waals surface area contributed by atoms with Crippen molar-refractivity contribution in [1.82, 2.24) is 0 Å². The molecule has 3 unspecified atom stereocenters. The highest BCUT2D eigenvalue weighted by Crippen LogP contribution is 2.67. The molecule has 4 aliphatic carbocycles. The Bertz CT molecular complexity index is 1290. The van der Waals surface area contributed by atoms with E-state index in [1.165, 1.54) is 23.6 Å². The fourth-order valence-electron chi connectivity index (χ4n) is 10.8. The minimum absolute atomic E-state index is 0.0115. The summed E-state index contributed by atoms with van der Waals surface area (Å²) in [6.45, 7) is 9.13. The maximum Gasteiger partial charge on any atom is 0.186 e. The number of rotatable bonds is 6. The van der Waals surface area contributed by atoms with Gasteiger partial charge in [-0.05, 0) is 85.7 Å². The fraction of sp³-hybridized carbons (Fsp3) is 0.857. The van der Waals surface area contributed by atoms with Crippen LogP contribution in [0, 0.1) is 34.5 Å². The van der Waals surface area contributed by atoms with Crippen LogP contribution in [0.25, 0.3) is 0 Å². The molecule has 6 N–H and O–H groups in total. The van der Waals surface area contributed by atoms with E-state index >= 15 is 0 Å². The predicted octanol–water partition coefficient (Wildman–Crippen LogP) is 1.50. The van der Waals surface area contributed by atoms with E-state index in [1.807, 2.05) is 0 Å². The molecule has 0 bridgehead atoms. The predicted molar refractivity (Wildman–Crippen MR) is 163 cm³/mol. The van der Waals surface area contributed by atoms with E-state index in [0.29, 0.717) is 5.92 Å². The number of hydrogen-bond donors (Lipinski definition) is 6. The summed E-state index contributed by atoms with van der Waals surface area (Å²) in [5.74, 6) is -0.773. The molecule has 0 amide bonds. The number of fused-ring (bicyclic) bond motifs is 8. The lowest BCUT2D eigenvalue weighted by Crippen LogP contribution is -2.60. The molecule has 1 saturated carbocycles. The number of aliphatic hydroxyl groups excluding tert-OH is 5. The lowest BCUT2D eigenvalue weighted by molar-refractivity contribution is -0.315. The summed E-state index contributed by atoms with van der Waals surface area (Å²) < 4.78 is 24.5. The third-order valence-corrected chi connectivity index (χ3v) is 13.6. The third-order valence-electron chi connectivity index (χ3n) is 13.6. The van der Waals surface area contributed by atoms with Crippen LogP contribution in [0.2, 0.25) is 0 Å². The van der Waals surface area contributed by atoms with E-state index in [1.54, 1.807) is 13.8 Å². The van der Waals surface area contributed by atoms with Gasteiger partial charge in [-0.2, -0.15) is 0 Å². The molecule has 3 saturated heterocycles. The first-order chi connectivity index (χ1) is 21.7. The molecular formula is C35H52O11. The molecule has 0 aromatic heterocycles. The first kappa shape index (κ1) is 33.3. The lowest BCUT2D eigenvalue weighted by atomic mass is 9.51. The van der Waals surface area contributed by atoms with Gasteiger partial charge in [-0.3, -0.25) is 4.79 Å². The Morgan fingerprint density at radius 1 is 1.02 bits per heavy atom. The lowest BCUT2D eigenvalue weighted by Gasteiger charge is -2.54. The van der Waals surface area contributed by atoms with Crippen LogP contribution in [0.15, 0.2) is 22.8 Å². The Kier molecular flexibility index (Phi) is 8.24. The van der Waals surface area contributed by atoms with E-state index in [-0.39, 0.29) is 40.7 Å². The molecule has 0 spiro atoms. The fourth-order valence-corrected chi connectivity index (χ4v) is 10.8. The van der Waals surface area contributed by atoms with Crippen LogP contribution in [-0.2, 0) is 23.7 Å². The maximum atomic E-state index is 12.7. The van der Waals surface area contributed by atoms with Gasteiger partial charge in [0, 0.05) is 11.8 Å². The number of ether oxygens (including phenoxy) is 4. The molecule has 46 heavy (non-hydrogen) atoms. The van der Waals surface area contributed by atoms with Crippen LogP contribution in [0.1, 0.15) is 79.6 Å². The van der Waals surface area contributed by atoms with E-state index in [2.05, 4.69) is 19.9 Å². The first-order valence-electron chi connectivity index (χ1n) is 17.3. The van der Waals surface area contributed by atoms with Crippen molar-refractivity contribution in [3.05, 3.63) is 22.8 Å². The Labute approximate surface area is 270 Å². The van der Waals surface area contributed by atoms with Gasteiger partial charge in [0.05, 0.1) is 24.9 Å². The Morgan fingerprint density at radius 3 is 2.43 bits per heavy atom. The van der Waals surface area contributed by atoms with Gasteiger partial charge in [-0.1, -0.05) is 39.3 Å². The minimum Gasteiger partial charge on any atom is -0.394 e. The Morgan fingerprint density at radius 2 is 1.76 bits per heavy atom. The second-order valence-corrected chi connectivity index (χ2v) is 16.0. The summed E-state index contributed by atoms with van der Waals surface area (Å²) in [4.78, 5) is 12.7. The highest BCUT2D eigenvalue weighted by Gasteiger charge is 2.69. The third kappa shape index (κ3) is 4.57. The summed E-state index contributed by atoms with van der Waals surface area (Å²) in [6, 6.07) is 0. The molecule has 7 rings (SSSR count). The zero-order valence-corrected chi connectivity index (χ0v) is 27.5. The molecule has 4 fully saturated rings. The van der Waals surface area contributed by atoms with Gasteiger partial charge >= 0.3 is 0 Å². The average Bonchev–Trinajstić information content (AvgIpc) is 3.64. The van der Waals surface area contributed by atoms with Crippen LogP contribution in [-0.4, -0.2) is 110 Å². The summed E-state index contributed by atoms with van der Waals surface area (Å²) in [6.07, 6.45) is -0.926. The quantitative estimate of drug-likeness (QED) is 0.246. The van der Waals surface area contributed by atoms with Crippen molar-refractivity contribution in [2.24, 2.45) is 34.5 Å². The topological polar surface area (TPSA) is 175 Å². The monoisotopic (exact) mass is 648 g/mol. The summed E-state index contributed by atoms with van der Waals surface area (Å²) in [5.41, 5.74) is 2.27. The summed E-state index contributed by atoms with van der Waals surface area (Å²) >= 11 is 0. The molecule has 0 radical (unpaired) electrons. The molecule has 0 aromatic carbocycles. The standard InChI is InChI=1S/C35H52O11/c1-15(2)35(42,16(3)37)30-29-24(31(41)46-30)25-22(44-29)13-21-19-7-6-17-12-18(8-10-33(17,4)20(19)9-11-34(21,25)5)43-32-28(40)27(39)26(38)23(14-36)45-32/h13,15,17-18,22-32,36,38-42H,6-12,14H2,1-5H3/t17?,18-,22-,23+,24-,25?,26+,27+,28+,29+,30-,31-,32+,33-,34-,35?/m0/s1. The highest BCUT2D eigenvalue weighted by molar-refractivity contribution is 5.86. The number of Topliss-reactive ketones (excluding diaryl/α,β-unsaturated/α-hetero) is 1. The van der Waals surface area contributed by atoms with Crippen molar-refractivity contribution in [3.8, 4) is 0 Å². The molecule has 258 valence electrons. The van der Waals surface area contributed by atoms with Crippen molar-refractivity contribution in [3.63, 3.8) is 0 Å². The zero-order valence-electron chi connectivity index (χ0n) is 27.5. The molecule has 16 atom stereocenters. The Hall–Kier alpha value is -1.25. The number of ketones is 1. The van der Waals surface area contributed by atoms with Gasteiger partial charge in [0.15, 0.2) is 24.0 Å². The first-order valence-corrected chi connectivity index (χ1v) is 17.3. The van der Waals surface area contributed by atoms with Gasteiger partial charge < -0.3 is 49.6 Å². The van der Waals surface area contributed by atoms with Crippen molar-refractivity contribution in [1.29, 1.82) is 0 Å². The zero-order chi connectivity index (χ0) is 33.1. The number of carbonyl (C=O) groups excluding carboxylic acids is 1. The SMILES string of the molecule is CC(=O)C(O)(C(C)C)[C@H]1O[C@H](O)[C@H]2C3[C@H](C=C4C5=C(CC[C@@]43C)[C@@]3(C)CC[C@H](O[C@@H]4O[C@H](CO)[C@@H](O)[C@@H](O)[C@H]4O)CC3CC5)O[C@H]21. The second kappa shape index (κ2) is 11.4. The normalized spacial score (nSPS) is 51.1. The van der Waals surface area contributed by atoms with E-state index in [4.69, 9.17) is 18.9 Å². The van der Waals surface area contributed by atoms with Gasteiger partial charge in [0.1, 0.15) is 30.5 Å². The van der Waals surface area contributed by atoms with Crippen LogP contribution in [0.3, 0.4) is 0 Å². The maximum absolute atomic E-state index is 12.7. The highest BCUT2D eigenvalue weighted by atomic mass is 16.7. The van der Waals surface area contributed by atoms with Crippen molar-refractivity contribution < 1.29 is 54.4 Å². The van der Waals surface area contributed by atoms with E-state index in [0.717, 1.165) is 44.9 Å². The smallest absolute Gasteiger partial charge is 0.186 e. The molecular weight excluding hydrogens is 596 g/mol. The summed E-state index contributed by atoms with van der Waals surface area (Å²) in [5, 5.41) is 63.2. The number of hydrogen-bond acceptors (Lipinski definition) is 11. The molecule has 0 aromatic rings. The number of aliphatic hydroxyl groups is 6. The van der Waals surface area contributed by atoms with Gasteiger partial charge in [-0.15, -0.1) is 0 Å². The van der Waals surface area contributed by atoms with Crippen LogP contribution >= 0.6 is 0 Å². The summed E-state index contributed by atoms with van der Waals surface area (Å²) in [7, 11) is 0. The van der Waals surface area contributed by atoms with Crippen LogP contribution in [0.5, 0.6) is 0 Å². The van der Waals surface area contributed by atoms with Gasteiger partial charge in [0.25, 0.3) is 0 Å². The van der Waals surface area contributed by atoms with Gasteiger partial charge in [-0.25, -0.2) is 0 Å². The molecule has 7 aliphatic rings.